The number of benzene rings is 1. The number of carbonyl (C=O) groups is 1. The molecule has 1 fully saturated rings. The number of alkyl halides is 2. The van der Waals surface area contributed by atoms with Crippen molar-refractivity contribution in [3.05, 3.63) is 34.9 Å². The van der Waals surface area contributed by atoms with E-state index in [1.165, 1.54) is 0 Å². The molecule has 0 aromatic heterocycles. The van der Waals surface area contributed by atoms with Gasteiger partial charge in [-0.1, -0.05) is 30.2 Å². The Hall–Kier alpha value is -1.20. The van der Waals surface area contributed by atoms with E-state index in [1.54, 1.807) is 18.2 Å². The summed E-state index contributed by atoms with van der Waals surface area (Å²) < 4.78 is 24.5. The lowest BCUT2D eigenvalue weighted by molar-refractivity contribution is -0.131. The van der Waals surface area contributed by atoms with Gasteiger partial charge >= 0.3 is 0 Å². The van der Waals surface area contributed by atoms with Gasteiger partial charge in [-0.15, -0.1) is 0 Å². The Balaban J connectivity index is 2.09. The van der Waals surface area contributed by atoms with E-state index < -0.39 is 24.5 Å². The largest absolute Gasteiger partial charge is 0.385 e. The highest BCUT2D eigenvalue weighted by Crippen LogP contribution is 2.44. The number of halogens is 3. The van der Waals surface area contributed by atoms with Gasteiger partial charge < -0.3 is 10.4 Å². The van der Waals surface area contributed by atoms with Crippen LogP contribution in [0.3, 0.4) is 0 Å². The van der Waals surface area contributed by atoms with E-state index in [0.717, 1.165) is 12.0 Å². The predicted molar refractivity (Wildman–Crippen MR) is 72.0 cm³/mol. The molecule has 1 aliphatic rings. The Morgan fingerprint density at radius 1 is 1.45 bits per heavy atom. The van der Waals surface area contributed by atoms with Crippen molar-refractivity contribution >= 4 is 17.5 Å². The molecule has 6 heteroatoms. The van der Waals surface area contributed by atoms with Crippen LogP contribution in [0.25, 0.3) is 0 Å². The first-order chi connectivity index (χ1) is 9.45. The summed E-state index contributed by atoms with van der Waals surface area (Å²) in [5.74, 6) is -0.328. The summed E-state index contributed by atoms with van der Waals surface area (Å²) in [6.07, 6.45) is -2.49. The molecule has 2 N–H and O–H groups in total. The van der Waals surface area contributed by atoms with Crippen LogP contribution in [0.2, 0.25) is 5.02 Å². The first-order valence-electron chi connectivity index (χ1n) is 6.46. The van der Waals surface area contributed by atoms with E-state index in [0.29, 0.717) is 17.9 Å². The highest BCUT2D eigenvalue weighted by molar-refractivity contribution is 6.30. The van der Waals surface area contributed by atoms with Crippen LogP contribution in [-0.4, -0.2) is 30.1 Å². The molecule has 0 spiro atoms. The molecule has 1 aromatic carbocycles. The van der Waals surface area contributed by atoms with Crippen molar-refractivity contribution in [3.8, 4) is 0 Å². The van der Waals surface area contributed by atoms with Crippen molar-refractivity contribution in [2.75, 3.05) is 6.54 Å². The molecule has 0 bridgehead atoms. The van der Waals surface area contributed by atoms with Crippen molar-refractivity contribution in [2.24, 2.45) is 0 Å². The summed E-state index contributed by atoms with van der Waals surface area (Å²) in [5.41, 5.74) is 0.0903. The zero-order valence-corrected chi connectivity index (χ0v) is 11.5. The van der Waals surface area contributed by atoms with Crippen LogP contribution in [0.4, 0.5) is 8.78 Å². The Kier molecular flexibility index (Phi) is 4.60. The van der Waals surface area contributed by atoms with Crippen molar-refractivity contribution in [1.29, 1.82) is 0 Å². The standard InChI is InChI=1S/C14H16ClF2NO2/c15-10-4-1-3-9(7-10)14(5-2-6-14)13(20)18-8-11(19)12(16)17/h1,3-4,7,11-12,19H,2,5-6,8H2,(H,18,20). The number of rotatable bonds is 5. The number of aliphatic hydroxyl groups is 1. The summed E-state index contributed by atoms with van der Waals surface area (Å²) in [4.78, 5) is 12.3. The smallest absolute Gasteiger partial charge is 0.265 e. The maximum atomic E-state index is 12.3. The molecule has 0 radical (unpaired) electrons. The van der Waals surface area contributed by atoms with Gasteiger partial charge in [-0.25, -0.2) is 8.78 Å². The van der Waals surface area contributed by atoms with Crippen LogP contribution < -0.4 is 5.32 Å². The van der Waals surface area contributed by atoms with Gasteiger partial charge in [0.25, 0.3) is 6.43 Å². The lowest BCUT2D eigenvalue weighted by Gasteiger charge is -2.41. The minimum absolute atomic E-state index is 0.328. The normalized spacial score (nSPS) is 18.4. The molecular formula is C14H16ClF2NO2. The van der Waals surface area contributed by atoms with Gasteiger partial charge in [-0.05, 0) is 30.5 Å². The number of hydrogen-bond donors (Lipinski definition) is 2. The van der Waals surface area contributed by atoms with E-state index in [1.807, 2.05) is 6.07 Å². The zero-order valence-electron chi connectivity index (χ0n) is 10.8. The van der Waals surface area contributed by atoms with Gasteiger partial charge in [0.05, 0.1) is 5.41 Å². The van der Waals surface area contributed by atoms with Crippen LogP contribution in [0, 0.1) is 0 Å². The second-order valence-electron chi connectivity index (χ2n) is 5.06. The van der Waals surface area contributed by atoms with E-state index in [2.05, 4.69) is 5.32 Å². The Labute approximate surface area is 120 Å². The minimum Gasteiger partial charge on any atom is -0.385 e. The van der Waals surface area contributed by atoms with Crippen molar-refractivity contribution in [3.63, 3.8) is 0 Å². The first-order valence-corrected chi connectivity index (χ1v) is 6.84. The number of nitrogens with one attached hydrogen (secondary N) is 1. The molecule has 1 amide bonds. The number of amides is 1. The molecular weight excluding hydrogens is 288 g/mol. The maximum Gasteiger partial charge on any atom is 0.265 e. The summed E-state index contributed by atoms with van der Waals surface area (Å²) in [6, 6.07) is 7.02. The average Bonchev–Trinajstić information content (AvgIpc) is 2.34. The number of hydrogen-bond acceptors (Lipinski definition) is 2. The third-order valence-electron chi connectivity index (χ3n) is 3.78. The van der Waals surface area contributed by atoms with Gasteiger partial charge in [0.1, 0.15) is 6.10 Å². The third kappa shape index (κ3) is 2.94. The highest BCUT2D eigenvalue weighted by Gasteiger charge is 2.45. The topological polar surface area (TPSA) is 49.3 Å². The average molecular weight is 304 g/mol. The molecule has 1 unspecified atom stereocenters. The molecule has 1 aliphatic carbocycles. The van der Waals surface area contributed by atoms with Crippen LogP contribution >= 0.6 is 11.6 Å². The second kappa shape index (κ2) is 6.06. The second-order valence-corrected chi connectivity index (χ2v) is 5.49. The highest BCUT2D eigenvalue weighted by atomic mass is 35.5. The molecule has 0 heterocycles. The van der Waals surface area contributed by atoms with Crippen LogP contribution in [0.15, 0.2) is 24.3 Å². The molecule has 110 valence electrons. The van der Waals surface area contributed by atoms with Gasteiger partial charge in [0.2, 0.25) is 5.91 Å². The molecule has 20 heavy (non-hydrogen) atoms. The summed E-state index contributed by atoms with van der Waals surface area (Å²) in [7, 11) is 0. The Morgan fingerprint density at radius 3 is 2.65 bits per heavy atom. The quantitative estimate of drug-likeness (QED) is 0.878. The monoisotopic (exact) mass is 303 g/mol. The van der Waals surface area contributed by atoms with Crippen LogP contribution in [-0.2, 0) is 10.2 Å². The van der Waals surface area contributed by atoms with Crippen LogP contribution in [0.1, 0.15) is 24.8 Å². The van der Waals surface area contributed by atoms with E-state index in [4.69, 9.17) is 16.7 Å². The van der Waals surface area contributed by atoms with E-state index in [-0.39, 0.29) is 5.91 Å². The van der Waals surface area contributed by atoms with E-state index in [9.17, 15) is 13.6 Å². The van der Waals surface area contributed by atoms with Gasteiger partial charge in [0.15, 0.2) is 0 Å². The maximum absolute atomic E-state index is 12.3. The summed E-state index contributed by atoms with van der Waals surface area (Å²) in [5, 5.41) is 12.0. The van der Waals surface area contributed by atoms with Crippen molar-refractivity contribution in [2.45, 2.75) is 37.2 Å². The Morgan fingerprint density at radius 2 is 2.15 bits per heavy atom. The fourth-order valence-corrected chi connectivity index (χ4v) is 2.61. The zero-order chi connectivity index (χ0) is 14.8. The molecule has 3 nitrogen and oxygen atoms in total. The number of aliphatic hydroxyl groups excluding tert-OH is 1. The molecule has 0 aliphatic heterocycles. The number of carbonyl (C=O) groups excluding carboxylic acids is 1. The molecule has 0 saturated heterocycles. The van der Waals surface area contributed by atoms with Gasteiger partial charge in [-0.3, -0.25) is 4.79 Å². The Bertz CT molecular complexity index is 492. The van der Waals surface area contributed by atoms with Crippen molar-refractivity contribution < 1.29 is 18.7 Å². The first kappa shape index (κ1) is 15.2. The van der Waals surface area contributed by atoms with Crippen LogP contribution in [0.5, 0.6) is 0 Å². The lowest BCUT2D eigenvalue weighted by atomic mass is 9.64. The van der Waals surface area contributed by atoms with Gasteiger partial charge in [-0.2, -0.15) is 0 Å². The molecule has 1 atom stereocenters. The minimum atomic E-state index is -2.86. The summed E-state index contributed by atoms with van der Waals surface area (Å²) in [6.45, 7) is -0.446. The third-order valence-corrected chi connectivity index (χ3v) is 4.02. The molecule has 2 rings (SSSR count). The fraction of sp³-hybridized carbons (Fsp3) is 0.500. The predicted octanol–water partition coefficient (Wildman–Crippen LogP) is 2.50. The SMILES string of the molecule is O=C(NCC(O)C(F)F)C1(c2cccc(Cl)c2)CCC1. The molecule has 1 saturated carbocycles. The summed E-state index contributed by atoms with van der Waals surface area (Å²) >= 11 is 5.93. The lowest BCUT2D eigenvalue weighted by Crippen LogP contribution is -2.51. The molecule has 1 aromatic rings. The van der Waals surface area contributed by atoms with Gasteiger partial charge in [0, 0.05) is 11.6 Å². The fourth-order valence-electron chi connectivity index (χ4n) is 2.42. The van der Waals surface area contributed by atoms with E-state index >= 15 is 0 Å². The van der Waals surface area contributed by atoms with Crippen molar-refractivity contribution in [1.82, 2.24) is 5.32 Å².